The number of hydrogen-bond donors (Lipinski definition) is 2. The van der Waals surface area contributed by atoms with Gasteiger partial charge < -0.3 is 34.0 Å². The average Bonchev–Trinajstić information content (AvgIpc) is 3.54. The van der Waals surface area contributed by atoms with Crippen LogP contribution in [0, 0.1) is 13.8 Å². The van der Waals surface area contributed by atoms with Crippen LogP contribution >= 0.6 is 0 Å². The second kappa shape index (κ2) is 14.3. The Balaban J connectivity index is 0.000000584. The van der Waals surface area contributed by atoms with Crippen molar-refractivity contribution in [3.63, 3.8) is 0 Å². The van der Waals surface area contributed by atoms with Gasteiger partial charge in [0, 0.05) is 0 Å². The van der Waals surface area contributed by atoms with Crippen molar-refractivity contribution in [2.75, 3.05) is 25.0 Å². The Morgan fingerprint density at radius 3 is 2.14 bits per heavy atom. The number of benzene rings is 2. The first-order chi connectivity index (χ1) is 13.3. The molecule has 0 unspecified atom stereocenters. The van der Waals surface area contributed by atoms with Crippen LogP contribution in [-0.2, 0) is 11.2 Å². The summed E-state index contributed by atoms with van der Waals surface area (Å²) in [6, 6.07) is 16.3. The smallest absolute Gasteiger partial charge is 0.494 e. The molecule has 0 aliphatic heterocycles. The van der Waals surface area contributed by atoms with Crippen molar-refractivity contribution in [2.24, 2.45) is 0 Å². The van der Waals surface area contributed by atoms with E-state index in [1.807, 2.05) is 24.3 Å². The Morgan fingerprint density at radius 1 is 1.00 bits per heavy atom. The molecule has 0 saturated heterocycles. The maximum absolute atomic E-state index is 10.2. The molecule has 1 aliphatic rings. The summed E-state index contributed by atoms with van der Waals surface area (Å²) in [5.41, 5.74) is 3.45. The fourth-order valence-corrected chi connectivity index (χ4v) is 2.66. The Labute approximate surface area is 181 Å². The first-order valence-corrected chi connectivity index (χ1v) is 9.51. The molecular weight excluding hydrogens is 343 g/mol. The van der Waals surface area contributed by atoms with Gasteiger partial charge in [0.05, 0.1) is 13.0 Å². The van der Waals surface area contributed by atoms with Crippen LogP contribution in [0.25, 0.3) is 0 Å². The van der Waals surface area contributed by atoms with E-state index in [-0.39, 0.29) is 18.9 Å². The third-order valence-corrected chi connectivity index (χ3v) is 4.31. The molecular formula is C23H29LiN2O2-2. The van der Waals surface area contributed by atoms with E-state index in [0.717, 1.165) is 43.3 Å². The van der Waals surface area contributed by atoms with Crippen LogP contribution in [0.15, 0.2) is 48.5 Å². The van der Waals surface area contributed by atoms with Gasteiger partial charge in [-0.25, -0.2) is 0 Å². The van der Waals surface area contributed by atoms with Crippen molar-refractivity contribution in [3.05, 3.63) is 73.5 Å². The predicted molar refractivity (Wildman–Crippen MR) is 112 cm³/mol. The van der Waals surface area contributed by atoms with Gasteiger partial charge in [0.1, 0.15) is 5.75 Å². The Hall–Kier alpha value is -1.73. The molecule has 28 heavy (non-hydrogen) atoms. The van der Waals surface area contributed by atoms with Crippen LogP contribution in [0.5, 0.6) is 5.75 Å². The summed E-state index contributed by atoms with van der Waals surface area (Å²) in [4.78, 5) is 10.2. The summed E-state index contributed by atoms with van der Waals surface area (Å²) in [6.07, 6.45) is 6.27. The third-order valence-electron chi connectivity index (χ3n) is 4.31. The zero-order valence-corrected chi connectivity index (χ0v) is 16.9. The summed E-state index contributed by atoms with van der Waals surface area (Å²) in [5.74, 6) is 1.74. The van der Waals surface area contributed by atoms with Crippen LogP contribution in [0.2, 0.25) is 0 Å². The van der Waals surface area contributed by atoms with E-state index in [1.54, 1.807) is 6.41 Å². The molecule has 1 amide bonds. The van der Waals surface area contributed by atoms with Gasteiger partial charge in [0.2, 0.25) is 0 Å². The zero-order chi connectivity index (χ0) is 19.3. The summed E-state index contributed by atoms with van der Waals surface area (Å²) >= 11 is 0. The first kappa shape index (κ1) is 24.3. The summed E-state index contributed by atoms with van der Waals surface area (Å²) in [7, 11) is 0. The quantitative estimate of drug-likeness (QED) is 0.286. The normalized spacial score (nSPS) is 12.2. The maximum atomic E-state index is 10.2. The minimum absolute atomic E-state index is 0. The minimum Gasteiger partial charge on any atom is -0.494 e. The molecule has 2 N–H and O–H groups in total. The molecule has 0 bridgehead atoms. The van der Waals surface area contributed by atoms with Gasteiger partial charge in [0.25, 0.3) is 0 Å². The summed E-state index contributed by atoms with van der Waals surface area (Å²) in [6.45, 7) is 9.32. The van der Waals surface area contributed by atoms with Gasteiger partial charge in [0.15, 0.2) is 0 Å². The molecule has 1 fully saturated rings. The maximum Gasteiger partial charge on any atom is 1.00 e. The fraction of sp³-hybridized carbons (Fsp3) is 0.348. The number of anilines is 1. The molecule has 1 saturated carbocycles. The second-order valence-electron chi connectivity index (χ2n) is 6.47. The molecule has 0 aromatic heterocycles. The van der Waals surface area contributed by atoms with E-state index >= 15 is 0 Å². The van der Waals surface area contributed by atoms with Gasteiger partial charge in [-0.1, -0.05) is 29.8 Å². The number of rotatable bonds is 10. The molecule has 0 heterocycles. The molecule has 0 atom stereocenters. The Bertz CT molecular complexity index is 653. The molecule has 3 rings (SSSR count). The van der Waals surface area contributed by atoms with Gasteiger partial charge >= 0.3 is 18.9 Å². The molecule has 0 radical (unpaired) electrons. The van der Waals surface area contributed by atoms with Crippen LogP contribution in [-0.4, -0.2) is 26.1 Å². The van der Waals surface area contributed by atoms with Crippen LogP contribution < -0.4 is 34.2 Å². The van der Waals surface area contributed by atoms with Gasteiger partial charge in [-0.2, -0.15) is 0 Å². The molecule has 1 aliphatic carbocycles. The molecule has 0 spiro atoms. The Morgan fingerprint density at radius 2 is 1.64 bits per heavy atom. The molecule has 146 valence electrons. The number of amides is 1. The van der Waals surface area contributed by atoms with Crippen molar-refractivity contribution < 1.29 is 28.4 Å². The third kappa shape index (κ3) is 9.46. The van der Waals surface area contributed by atoms with Crippen molar-refractivity contribution in [1.82, 2.24) is 5.32 Å². The molecule has 4 nitrogen and oxygen atoms in total. The van der Waals surface area contributed by atoms with Gasteiger partial charge in [-0.3, -0.25) is 0 Å². The number of aryl methyl sites for hydroxylation is 1. The summed E-state index contributed by atoms with van der Waals surface area (Å²) in [5, 5.41) is 5.40. The van der Waals surface area contributed by atoms with E-state index in [1.165, 1.54) is 24.0 Å². The van der Waals surface area contributed by atoms with Crippen LogP contribution in [0.3, 0.4) is 0 Å². The van der Waals surface area contributed by atoms with E-state index in [4.69, 9.17) is 4.74 Å². The monoisotopic (exact) mass is 372 g/mol. The Kier molecular flexibility index (Phi) is 12.4. The van der Waals surface area contributed by atoms with Crippen molar-refractivity contribution >= 4 is 12.1 Å². The fourth-order valence-electron chi connectivity index (χ4n) is 2.66. The molecule has 2 aromatic carbocycles. The SMILES string of the molecule is O=[C-]Nc1ccc(CCCOc2ccc(C3CC3)cc2)cc1.[CH2-]CNC[CH2-].[Li+]. The number of nitrogens with one attached hydrogen (secondary N) is 2. The topological polar surface area (TPSA) is 50.4 Å². The second-order valence-corrected chi connectivity index (χ2v) is 6.47. The summed E-state index contributed by atoms with van der Waals surface area (Å²) < 4.78 is 5.78. The van der Waals surface area contributed by atoms with Gasteiger partial charge in [-0.05, 0) is 49.3 Å². The number of carbonyl (C=O) groups excluding carboxylic acids is 1. The molecule has 2 aromatic rings. The number of ether oxygens (including phenoxy) is 1. The number of hydrogen-bond acceptors (Lipinski definition) is 3. The van der Waals surface area contributed by atoms with Crippen LogP contribution in [0.4, 0.5) is 5.69 Å². The average molecular weight is 372 g/mol. The standard InChI is InChI=1S/C19H20NO2.C4H9N.Li/c21-14-20-18-9-3-15(4-10-18)2-1-13-22-19-11-7-17(8-12-19)16-5-6-16;1-3-5-4-2;/h3-4,7-12,16H,1-2,5-6,13H2,(H,20,21);5H,1-4H2;/q-1;-2;+1. The van der Waals surface area contributed by atoms with Crippen molar-refractivity contribution in [1.29, 1.82) is 0 Å². The largest absolute Gasteiger partial charge is 1.00 e. The predicted octanol–water partition coefficient (Wildman–Crippen LogP) is 1.30. The van der Waals surface area contributed by atoms with E-state index in [0.29, 0.717) is 6.61 Å². The van der Waals surface area contributed by atoms with E-state index in [9.17, 15) is 4.79 Å². The zero-order valence-electron chi connectivity index (χ0n) is 16.9. The minimum atomic E-state index is 0. The van der Waals surface area contributed by atoms with E-state index < -0.39 is 0 Å². The van der Waals surface area contributed by atoms with Crippen molar-refractivity contribution in [3.8, 4) is 5.75 Å². The van der Waals surface area contributed by atoms with Crippen LogP contribution in [0.1, 0.15) is 36.3 Å². The van der Waals surface area contributed by atoms with Crippen molar-refractivity contribution in [2.45, 2.75) is 31.6 Å². The first-order valence-electron chi connectivity index (χ1n) is 9.51. The molecule has 5 heteroatoms. The van der Waals surface area contributed by atoms with Gasteiger partial charge in [-0.15, -0.1) is 30.9 Å². The van der Waals surface area contributed by atoms with E-state index in [2.05, 4.69) is 48.7 Å².